The van der Waals surface area contributed by atoms with Crippen molar-refractivity contribution in [2.45, 2.75) is 246 Å². The van der Waals surface area contributed by atoms with E-state index >= 15 is 0 Å². The van der Waals surface area contributed by atoms with Gasteiger partial charge in [-0.05, 0) is 31.1 Å². The Bertz CT molecular complexity index is 781. The monoisotopic (exact) mass is 723 g/mol. The van der Waals surface area contributed by atoms with Gasteiger partial charge in [0.15, 0.2) is 6.10 Å². The maximum atomic E-state index is 12.7. The molecule has 0 radical (unpaired) electrons. The summed E-state index contributed by atoms with van der Waals surface area (Å²) in [5.41, 5.74) is 0. The smallest absolute Gasteiger partial charge is 0.306 e. The van der Waals surface area contributed by atoms with Crippen molar-refractivity contribution in [3.8, 4) is 0 Å². The summed E-state index contributed by atoms with van der Waals surface area (Å²) in [6.07, 6.45) is 35.2. The second-order valence-corrected chi connectivity index (χ2v) is 16.1. The second-order valence-electron chi connectivity index (χ2n) is 16.1. The third kappa shape index (κ3) is 38.0. The highest BCUT2D eigenvalue weighted by Gasteiger charge is 2.19. The van der Waals surface area contributed by atoms with Crippen LogP contribution in [0, 0.1) is 11.8 Å². The molecular weight excluding hydrogens is 636 g/mol. The highest BCUT2D eigenvalue weighted by atomic mass is 16.6. The molecule has 0 fully saturated rings. The van der Waals surface area contributed by atoms with Crippen LogP contribution in [0.3, 0.4) is 0 Å². The van der Waals surface area contributed by atoms with Crippen LogP contribution < -0.4 is 0 Å². The van der Waals surface area contributed by atoms with Gasteiger partial charge in [0.05, 0.1) is 0 Å². The lowest BCUT2D eigenvalue weighted by Crippen LogP contribution is -2.30. The molecule has 0 amide bonds. The molecule has 6 nitrogen and oxygen atoms in total. The van der Waals surface area contributed by atoms with E-state index in [4.69, 9.17) is 14.2 Å². The van der Waals surface area contributed by atoms with Crippen LogP contribution >= 0.6 is 0 Å². The van der Waals surface area contributed by atoms with E-state index in [1.807, 2.05) is 0 Å². The number of hydrogen-bond acceptors (Lipinski definition) is 6. The van der Waals surface area contributed by atoms with E-state index < -0.39 is 6.10 Å². The summed E-state index contributed by atoms with van der Waals surface area (Å²) in [5, 5.41) is 0. The van der Waals surface area contributed by atoms with E-state index in [-0.39, 0.29) is 31.1 Å². The molecular formula is C45H86O6. The van der Waals surface area contributed by atoms with Gasteiger partial charge in [0.25, 0.3) is 0 Å². The highest BCUT2D eigenvalue weighted by Crippen LogP contribution is 2.17. The molecule has 0 saturated carbocycles. The van der Waals surface area contributed by atoms with Gasteiger partial charge >= 0.3 is 17.9 Å². The fourth-order valence-electron chi connectivity index (χ4n) is 6.54. The fourth-order valence-corrected chi connectivity index (χ4v) is 6.54. The summed E-state index contributed by atoms with van der Waals surface area (Å²) >= 11 is 0. The Labute approximate surface area is 317 Å². The van der Waals surface area contributed by atoms with Gasteiger partial charge in [0, 0.05) is 19.3 Å². The summed E-state index contributed by atoms with van der Waals surface area (Å²) in [6, 6.07) is 0. The van der Waals surface area contributed by atoms with Crippen LogP contribution in [-0.4, -0.2) is 37.2 Å². The Kier molecular flexibility index (Phi) is 37.0. The average Bonchev–Trinajstić information content (AvgIpc) is 3.11. The minimum absolute atomic E-state index is 0.0659. The molecule has 0 heterocycles. The van der Waals surface area contributed by atoms with E-state index in [9.17, 15) is 14.4 Å². The van der Waals surface area contributed by atoms with Crippen molar-refractivity contribution in [2.24, 2.45) is 11.8 Å². The Hall–Kier alpha value is -1.59. The zero-order chi connectivity index (χ0) is 37.6. The predicted octanol–water partition coefficient (Wildman–Crippen LogP) is 13.8. The van der Waals surface area contributed by atoms with Crippen molar-refractivity contribution in [3.05, 3.63) is 0 Å². The molecule has 0 saturated heterocycles. The van der Waals surface area contributed by atoms with E-state index in [0.29, 0.717) is 19.3 Å². The maximum Gasteiger partial charge on any atom is 0.306 e. The SMILES string of the molecule is CCCCCCCCCCCC(=O)OC[C@H](COC(=O)CCCCCCCCCCCCCC(C)C)OC(=O)CCCCCCCCC(C)CC. The molecule has 0 bridgehead atoms. The first-order valence-electron chi connectivity index (χ1n) is 22.3. The Morgan fingerprint density at radius 3 is 1.12 bits per heavy atom. The molecule has 0 aliphatic carbocycles. The Morgan fingerprint density at radius 2 is 0.745 bits per heavy atom. The molecule has 0 aromatic rings. The standard InChI is InChI=1S/C45H86O6/c1-6-8-9-10-11-15-19-25-30-35-43(46)49-38-42(51-45(48)37-32-27-22-21-24-29-34-41(5)7-2)39-50-44(47)36-31-26-20-17-14-12-13-16-18-23-28-33-40(3)4/h40-42H,6-39H2,1-5H3/t41?,42-/m1/s1. The molecule has 0 rings (SSSR count). The summed E-state index contributed by atoms with van der Waals surface area (Å²) < 4.78 is 16.7. The van der Waals surface area contributed by atoms with Crippen molar-refractivity contribution in [1.82, 2.24) is 0 Å². The molecule has 0 aliphatic heterocycles. The molecule has 6 heteroatoms. The van der Waals surface area contributed by atoms with Crippen molar-refractivity contribution in [2.75, 3.05) is 13.2 Å². The lowest BCUT2D eigenvalue weighted by molar-refractivity contribution is -0.167. The van der Waals surface area contributed by atoms with E-state index in [2.05, 4.69) is 34.6 Å². The maximum absolute atomic E-state index is 12.7. The van der Waals surface area contributed by atoms with Gasteiger partial charge in [-0.25, -0.2) is 0 Å². The van der Waals surface area contributed by atoms with Crippen LogP contribution in [0.2, 0.25) is 0 Å². The quantitative estimate of drug-likeness (QED) is 0.0357. The van der Waals surface area contributed by atoms with Gasteiger partial charge in [-0.3, -0.25) is 14.4 Å². The van der Waals surface area contributed by atoms with E-state index in [1.54, 1.807) is 0 Å². The van der Waals surface area contributed by atoms with Gasteiger partial charge in [-0.1, -0.05) is 202 Å². The molecule has 302 valence electrons. The van der Waals surface area contributed by atoms with Gasteiger partial charge in [0.2, 0.25) is 0 Å². The van der Waals surface area contributed by atoms with Crippen LogP contribution in [0.4, 0.5) is 0 Å². The summed E-state index contributed by atoms with van der Waals surface area (Å²) in [7, 11) is 0. The number of ether oxygens (including phenoxy) is 3. The van der Waals surface area contributed by atoms with Crippen molar-refractivity contribution >= 4 is 17.9 Å². The van der Waals surface area contributed by atoms with Crippen LogP contribution in [0.1, 0.15) is 240 Å². The minimum Gasteiger partial charge on any atom is -0.462 e. The zero-order valence-corrected chi connectivity index (χ0v) is 34.7. The molecule has 2 atom stereocenters. The summed E-state index contributed by atoms with van der Waals surface area (Å²) in [4.78, 5) is 37.6. The Balaban J connectivity index is 4.31. The molecule has 0 aliphatic rings. The van der Waals surface area contributed by atoms with Gasteiger partial charge < -0.3 is 14.2 Å². The van der Waals surface area contributed by atoms with Gasteiger partial charge in [-0.2, -0.15) is 0 Å². The topological polar surface area (TPSA) is 78.9 Å². The first kappa shape index (κ1) is 49.4. The summed E-state index contributed by atoms with van der Waals surface area (Å²) in [5.74, 6) is 0.772. The highest BCUT2D eigenvalue weighted by molar-refractivity contribution is 5.71. The first-order chi connectivity index (χ1) is 24.8. The lowest BCUT2D eigenvalue weighted by Gasteiger charge is -2.18. The Morgan fingerprint density at radius 1 is 0.412 bits per heavy atom. The number of hydrogen-bond donors (Lipinski definition) is 0. The van der Waals surface area contributed by atoms with Gasteiger partial charge in [0.1, 0.15) is 13.2 Å². The number of carbonyl (C=O) groups excluding carboxylic acids is 3. The van der Waals surface area contributed by atoms with Gasteiger partial charge in [-0.15, -0.1) is 0 Å². The van der Waals surface area contributed by atoms with Crippen molar-refractivity contribution in [3.63, 3.8) is 0 Å². The molecule has 0 aromatic heterocycles. The number of unbranched alkanes of at least 4 members (excludes halogenated alkanes) is 23. The third-order valence-corrected chi connectivity index (χ3v) is 10.3. The van der Waals surface area contributed by atoms with Crippen LogP contribution in [-0.2, 0) is 28.6 Å². The largest absolute Gasteiger partial charge is 0.462 e. The predicted molar refractivity (Wildman–Crippen MR) is 215 cm³/mol. The van der Waals surface area contributed by atoms with Crippen molar-refractivity contribution in [1.29, 1.82) is 0 Å². The molecule has 0 spiro atoms. The average molecular weight is 723 g/mol. The first-order valence-corrected chi connectivity index (χ1v) is 22.3. The van der Waals surface area contributed by atoms with Crippen LogP contribution in [0.5, 0.6) is 0 Å². The van der Waals surface area contributed by atoms with E-state index in [1.165, 1.54) is 128 Å². The molecule has 0 aromatic carbocycles. The number of esters is 3. The molecule has 51 heavy (non-hydrogen) atoms. The molecule has 1 unspecified atom stereocenters. The van der Waals surface area contributed by atoms with Crippen LogP contribution in [0.25, 0.3) is 0 Å². The van der Waals surface area contributed by atoms with E-state index in [0.717, 1.165) is 69.6 Å². The third-order valence-electron chi connectivity index (χ3n) is 10.3. The fraction of sp³-hybridized carbons (Fsp3) is 0.933. The number of rotatable bonds is 39. The lowest BCUT2D eigenvalue weighted by atomic mass is 10.00. The summed E-state index contributed by atoms with van der Waals surface area (Å²) in [6.45, 7) is 11.3. The molecule has 0 N–H and O–H groups in total. The minimum atomic E-state index is -0.760. The van der Waals surface area contributed by atoms with Crippen LogP contribution in [0.15, 0.2) is 0 Å². The number of carbonyl (C=O) groups is 3. The zero-order valence-electron chi connectivity index (χ0n) is 34.7. The second kappa shape index (κ2) is 38.1. The van der Waals surface area contributed by atoms with Crippen molar-refractivity contribution < 1.29 is 28.6 Å². The normalized spacial score (nSPS) is 12.6.